The summed E-state index contributed by atoms with van der Waals surface area (Å²) in [4.78, 5) is 13.9. The number of aromatic nitrogens is 3. The van der Waals surface area contributed by atoms with Gasteiger partial charge in [0.15, 0.2) is 17.8 Å². The third-order valence-electron chi connectivity index (χ3n) is 3.67. The molecule has 12 heteroatoms. The van der Waals surface area contributed by atoms with Gasteiger partial charge in [0.1, 0.15) is 6.20 Å². The molecule has 9 nitrogen and oxygen atoms in total. The van der Waals surface area contributed by atoms with Crippen molar-refractivity contribution in [1.29, 1.82) is 0 Å². The molecule has 0 aliphatic heterocycles. The van der Waals surface area contributed by atoms with Crippen LogP contribution < -0.4 is 4.73 Å². The van der Waals surface area contributed by atoms with Crippen molar-refractivity contribution in [2.75, 3.05) is 0 Å². The molecular weight excluding hydrogens is 373 g/mol. The predicted octanol–water partition coefficient (Wildman–Crippen LogP) is 2.51. The zero-order chi connectivity index (χ0) is 19.9. The number of phenols is 2. The van der Waals surface area contributed by atoms with Gasteiger partial charge in [-0.2, -0.15) is 17.7 Å². The van der Waals surface area contributed by atoms with Crippen LogP contribution in [-0.2, 0) is 6.18 Å². The standard InChI is InChI=1S/C15H9F3N4O5/c16-15(17,18)9-1-2-13(21(25)6-9)20-7-19-5-11(20)8-3-10(22(26)27)14(24)12(23)4-8/h1-7,23-24H. The molecule has 0 radical (unpaired) electrons. The Balaban J connectivity index is 2.15. The van der Waals surface area contributed by atoms with Crippen LogP contribution in [0.25, 0.3) is 17.1 Å². The zero-order valence-electron chi connectivity index (χ0n) is 13.1. The Morgan fingerprint density at radius 3 is 2.52 bits per heavy atom. The van der Waals surface area contributed by atoms with Crippen LogP contribution in [0.15, 0.2) is 43.0 Å². The van der Waals surface area contributed by atoms with E-state index in [2.05, 4.69) is 4.98 Å². The van der Waals surface area contributed by atoms with Crippen molar-refractivity contribution in [3.05, 3.63) is 63.9 Å². The number of benzene rings is 1. The van der Waals surface area contributed by atoms with Gasteiger partial charge in [-0.1, -0.05) is 0 Å². The van der Waals surface area contributed by atoms with E-state index in [9.17, 15) is 38.7 Å². The van der Waals surface area contributed by atoms with Crippen LogP contribution in [0, 0.1) is 15.3 Å². The second-order valence-corrected chi connectivity index (χ2v) is 5.37. The number of nitrogens with zero attached hydrogens (tertiary/aromatic N) is 4. The highest BCUT2D eigenvalue weighted by Crippen LogP contribution is 2.39. The smallest absolute Gasteiger partial charge is 0.419 e. The summed E-state index contributed by atoms with van der Waals surface area (Å²) in [5.74, 6) is -1.98. The van der Waals surface area contributed by atoms with Gasteiger partial charge < -0.3 is 15.4 Å². The van der Waals surface area contributed by atoms with Gasteiger partial charge in [-0.25, -0.2) is 9.71 Å². The Kier molecular flexibility index (Phi) is 4.10. The summed E-state index contributed by atoms with van der Waals surface area (Å²) in [6.07, 6.45) is -2.06. The quantitative estimate of drug-likeness (QED) is 0.235. The molecule has 0 saturated carbocycles. The monoisotopic (exact) mass is 382 g/mol. The number of rotatable bonds is 3. The van der Waals surface area contributed by atoms with Gasteiger partial charge in [0, 0.05) is 17.7 Å². The van der Waals surface area contributed by atoms with Crippen molar-refractivity contribution < 1.29 is 33.0 Å². The van der Waals surface area contributed by atoms with Gasteiger partial charge in [0.05, 0.1) is 16.7 Å². The average Bonchev–Trinajstić information content (AvgIpc) is 3.05. The molecule has 0 saturated heterocycles. The SMILES string of the molecule is O=[N+]([O-])c1cc(-c2cncn2-c2ccc(C(F)(F)F)c[n+]2[O-])cc(O)c1O. The topological polar surface area (TPSA) is 128 Å². The first-order valence-corrected chi connectivity index (χ1v) is 7.13. The highest BCUT2D eigenvalue weighted by Gasteiger charge is 2.32. The lowest BCUT2D eigenvalue weighted by atomic mass is 10.1. The maximum absolute atomic E-state index is 12.7. The summed E-state index contributed by atoms with van der Waals surface area (Å²) < 4.78 is 39.2. The van der Waals surface area contributed by atoms with E-state index in [1.54, 1.807) is 0 Å². The fourth-order valence-electron chi connectivity index (χ4n) is 2.41. The van der Waals surface area contributed by atoms with Crippen LogP contribution in [-0.4, -0.2) is 24.7 Å². The fraction of sp³-hybridized carbons (Fsp3) is 0.0667. The van der Waals surface area contributed by atoms with E-state index < -0.39 is 33.8 Å². The third-order valence-corrected chi connectivity index (χ3v) is 3.67. The molecule has 0 bridgehead atoms. The van der Waals surface area contributed by atoms with E-state index in [4.69, 9.17) is 0 Å². The number of alkyl halides is 3. The Morgan fingerprint density at radius 2 is 1.93 bits per heavy atom. The van der Waals surface area contributed by atoms with Crippen LogP contribution in [0.1, 0.15) is 5.56 Å². The molecule has 2 N–H and O–H groups in total. The largest absolute Gasteiger partial charge is 0.711 e. The first kappa shape index (κ1) is 18.0. The summed E-state index contributed by atoms with van der Waals surface area (Å²) in [6, 6.07) is 3.54. The Bertz CT molecular complexity index is 1050. The predicted molar refractivity (Wildman–Crippen MR) is 82.9 cm³/mol. The van der Waals surface area contributed by atoms with Crippen molar-refractivity contribution in [2.45, 2.75) is 6.18 Å². The summed E-state index contributed by atoms with van der Waals surface area (Å²) >= 11 is 0. The maximum atomic E-state index is 12.7. The van der Waals surface area contributed by atoms with Crippen molar-refractivity contribution in [1.82, 2.24) is 9.55 Å². The number of phenolic OH excluding ortho intramolecular Hbond substituents is 2. The summed E-state index contributed by atoms with van der Waals surface area (Å²) in [6.45, 7) is 0. The molecular formula is C15H9F3N4O5. The summed E-state index contributed by atoms with van der Waals surface area (Å²) in [5.41, 5.74) is -1.87. The molecule has 0 atom stereocenters. The van der Waals surface area contributed by atoms with E-state index in [0.717, 1.165) is 29.1 Å². The lowest BCUT2D eigenvalue weighted by molar-refractivity contribution is -0.600. The lowest BCUT2D eigenvalue weighted by Crippen LogP contribution is -2.33. The van der Waals surface area contributed by atoms with E-state index in [-0.39, 0.29) is 21.8 Å². The number of pyridine rings is 1. The van der Waals surface area contributed by atoms with Crippen LogP contribution in [0.2, 0.25) is 0 Å². The molecule has 27 heavy (non-hydrogen) atoms. The highest BCUT2D eigenvalue weighted by molar-refractivity contribution is 5.71. The number of halogens is 3. The summed E-state index contributed by atoms with van der Waals surface area (Å²) in [7, 11) is 0. The molecule has 0 aliphatic carbocycles. The van der Waals surface area contributed by atoms with Gasteiger partial charge in [-0.15, -0.1) is 0 Å². The van der Waals surface area contributed by atoms with Crippen molar-refractivity contribution in [2.24, 2.45) is 0 Å². The number of nitro groups is 1. The van der Waals surface area contributed by atoms with E-state index in [1.807, 2.05) is 0 Å². The Hall–Kier alpha value is -3.83. The average molecular weight is 382 g/mol. The number of hydrogen-bond acceptors (Lipinski definition) is 6. The number of hydrogen-bond donors (Lipinski definition) is 2. The minimum Gasteiger partial charge on any atom is -0.711 e. The molecule has 2 heterocycles. The van der Waals surface area contributed by atoms with Crippen LogP contribution >= 0.6 is 0 Å². The van der Waals surface area contributed by atoms with Gasteiger partial charge in [-0.05, 0) is 12.1 Å². The maximum Gasteiger partial charge on any atom is 0.419 e. The molecule has 0 unspecified atom stereocenters. The van der Waals surface area contributed by atoms with Crippen LogP contribution in [0.4, 0.5) is 18.9 Å². The number of imidazole rings is 1. The zero-order valence-corrected chi connectivity index (χ0v) is 13.1. The second kappa shape index (κ2) is 6.16. The molecule has 140 valence electrons. The fourth-order valence-corrected chi connectivity index (χ4v) is 2.41. The molecule has 3 aromatic rings. The van der Waals surface area contributed by atoms with Crippen molar-refractivity contribution in [3.8, 4) is 28.6 Å². The van der Waals surface area contributed by atoms with E-state index >= 15 is 0 Å². The van der Waals surface area contributed by atoms with E-state index in [1.165, 1.54) is 6.20 Å². The normalized spacial score (nSPS) is 11.5. The molecule has 0 aliphatic rings. The molecule has 2 aromatic heterocycles. The lowest BCUT2D eigenvalue weighted by Gasteiger charge is -2.13. The molecule has 0 amide bonds. The van der Waals surface area contributed by atoms with Crippen LogP contribution in [0.5, 0.6) is 11.5 Å². The molecule has 0 fully saturated rings. The first-order valence-electron chi connectivity index (χ1n) is 7.13. The van der Waals surface area contributed by atoms with Crippen LogP contribution in [0.3, 0.4) is 0 Å². The third kappa shape index (κ3) is 3.19. The van der Waals surface area contributed by atoms with E-state index in [0.29, 0.717) is 12.3 Å². The number of aromatic hydroxyl groups is 2. The Labute approximate surface area is 147 Å². The van der Waals surface area contributed by atoms with Gasteiger partial charge in [0.2, 0.25) is 5.75 Å². The second-order valence-electron chi connectivity index (χ2n) is 5.37. The van der Waals surface area contributed by atoms with Crippen molar-refractivity contribution in [3.63, 3.8) is 0 Å². The van der Waals surface area contributed by atoms with Gasteiger partial charge in [-0.3, -0.25) is 10.1 Å². The molecule has 0 spiro atoms. The minimum atomic E-state index is -4.70. The molecule has 1 aromatic carbocycles. The number of nitro benzene ring substituents is 1. The van der Waals surface area contributed by atoms with Gasteiger partial charge >= 0.3 is 11.9 Å². The van der Waals surface area contributed by atoms with Crippen molar-refractivity contribution >= 4 is 5.69 Å². The highest BCUT2D eigenvalue weighted by atomic mass is 19.4. The molecule has 3 rings (SSSR count). The Morgan fingerprint density at radius 1 is 1.22 bits per heavy atom. The summed E-state index contributed by atoms with van der Waals surface area (Å²) in [5, 5.41) is 42.3. The minimum absolute atomic E-state index is 0.00870. The van der Waals surface area contributed by atoms with Gasteiger partial charge in [0.25, 0.3) is 5.82 Å². The first-order chi connectivity index (χ1) is 12.6.